The van der Waals surface area contributed by atoms with Gasteiger partial charge in [0.05, 0.1) is 12.2 Å². The van der Waals surface area contributed by atoms with E-state index in [9.17, 15) is 0 Å². The number of anilines is 1. The molecule has 0 N–H and O–H groups in total. The largest absolute Gasteiger partial charge is 0.376 e. The summed E-state index contributed by atoms with van der Waals surface area (Å²) in [4.78, 5) is 6.65. The molecule has 1 aromatic rings. The number of hydrogen-bond donors (Lipinski definition) is 0. The van der Waals surface area contributed by atoms with Gasteiger partial charge in [-0.05, 0) is 39.5 Å². The maximum atomic E-state index is 5.88. The molecule has 114 valence electrons. The molecule has 1 saturated heterocycles. The van der Waals surface area contributed by atoms with Crippen LogP contribution in [0.3, 0.4) is 0 Å². The lowest BCUT2D eigenvalue weighted by atomic mass is 9.98. The zero-order valence-electron chi connectivity index (χ0n) is 13.3. The highest BCUT2D eigenvalue weighted by Gasteiger charge is 2.24. The Bertz CT molecular complexity index is 415. The van der Waals surface area contributed by atoms with Crippen molar-refractivity contribution in [3.05, 3.63) is 5.82 Å². The molecule has 2 rings (SSSR count). The van der Waals surface area contributed by atoms with E-state index in [1.54, 1.807) is 0 Å². The fourth-order valence-corrected chi connectivity index (χ4v) is 2.25. The van der Waals surface area contributed by atoms with Crippen molar-refractivity contribution in [2.24, 2.45) is 5.92 Å². The van der Waals surface area contributed by atoms with Gasteiger partial charge < -0.3 is 14.2 Å². The van der Waals surface area contributed by atoms with E-state index in [0.29, 0.717) is 17.9 Å². The smallest absolute Gasteiger partial charge is 0.324 e. The molecule has 5 nitrogen and oxygen atoms in total. The topological polar surface area (TPSA) is 51.4 Å². The summed E-state index contributed by atoms with van der Waals surface area (Å²) in [5.41, 5.74) is -0.0458. The Morgan fingerprint density at radius 2 is 1.95 bits per heavy atom. The molecule has 1 aromatic heterocycles. The van der Waals surface area contributed by atoms with Crippen LogP contribution >= 0.6 is 0 Å². The van der Waals surface area contributed by atoms with Crippen molar-refractivity contribution >= 4 is 6.01 Å². The highest BCUT2D eigenvalue weighted by Crippen LogP contribution is 2.24. The van der Waals surface area contributed by atoms with Gasteiger partial charge in [-0.1, -0.05) is 19.0 Å². The van der Waals surface area contributed by atoms with Crippen molar-refractivity contribution in [1.82, 2.24) is 10.1 Å². The van der Waals surface area contributed by atoms with Crippen LogP contribution in [0.2, 0.25) is 0 Å². The van der Waals surface area contributed by atoms with Gasteiger partial charge in [0, 0.05) is 19.0 Å². The Labute approximate surface area is 121 Å². The molecule has 0 aliphatic carbocycles. The average Bonchev–Trinajstić information content (AvgIpc) is 2.86. The second-order valence-corrected chi connectivity index (χ2v) is 6.94. The summed E-state index contributed by atoms with van der Waals surface area (Å²) >= 11 is 0. The Balaban J connectivity index is 1.81. The van der Waals surface area contributed by atoms with Crippen molar-refractivity contribution in [2.75, 3.05) is 24.6 Å². The first-order valence-corrected chi connectivity index (χ1v) is 7.57. The quantitative estimate of drug-likeness (QED) is 0.848. The first-order chi connectivity index (χ1) is 9.35. The SMILES string of the molecule is CC(C)c1noc(N2CCC(COC(C)(C)C)CC2)n1. The van der Waals surface area contributed by atoms with Gasteiger partial charge in [0.2, 0.25) is 0 Å². The van der Waals surface area contributed by atoms with Crippen molar-refractivity contribution in [2.45, 2.75) is 59.0 Å². The Morgan fingerprint density at radius 3 is 2.45 bits per heavy atom. The fraction of sp³-hybridized carbons (Fsp3) is 0.867. The highest BCUT2D eigenvalue weighted by molar-refractivity contribution is 5.26. The summed E-state index contributed by atoms with van der Waals surface area (Å²) in [5, 5.41) is 4.03. The van der Waals surface area contributed by atoms with Gasteiger partial charge in [-0.3, -0.25) is 0 Å². The van der Waals surface area contributed by atoms with Crippen LogP contribution in [-0.4, -0.2) is 35.4 Å². The Kier molecular flexibility index (Phi) is 4.68. The van der Waals surface area contributed by atoms with E-state index < -0.39 is 0 Å². The third kappa shape index (κ3) is 4.20. The van der Waals surface area contributed by atoms with Crippen LogP contribution in [-0.2, 0) is 4.74 Å². The van der Waals surface area contributed by atoms with Crippen molar-refractivity contribution in [1.29, 1.82) is 0 Å². The Hall–Kier alpha value is -1.10. The molecule has 1 aliphatic rings. The number of hydrogen-bond acceptors (Lipinski definition) is 5. The van der Waals surface area contributed by atoms with Gasteiger partial charge in [-0.25, -0.2) is 0 Å². The first kappa shape index (κ1) is 15.3. The fourth-order valence-electron chi connectivity index (χ4n) is 2.25. The van der Waals surface area contributed by atoms with Crippen molar-refractivity contribution < 1.29 is 9.26 Å². The Morgan fingerprint density at radius 1 is 1.30 bits per heavy atom. The highest BCUT2D eigenvalue weighted by atomic mass is 16.5. The number of aromatic nitrogens is 2. The van der Waals surface area contributed by atoms with Gasteiger partial charge >= 0.3 is 6.01 Å². The molecule has 2 heterocycles. The van der Waals surface area contributed by atoms with Gasteiger partial charge in [0.15, 0.2) is 5.82 Å². The predicted molar refractivity (Wildman–Crippen MR) is 79.0 cm³/mol. The van der Waals surface area contributed by atoms with E-state index >= 15 is 0 Å². The molecule has 1 fully saturated rings. The minimum Gasteiger partial charge on any atom is -0.376 e. The van der Waals surface area contributed by atoms with Crippen LogP contribution in [0.4, 0.5) is 6.01 Å². The van der Waals surface area contributed by atoms with Crippen LogP contribution in [0.15, 0.2) is 4.52 Å². The molecule has 0 saturated carbocycles. The lowest BCUT2D eigenvalue weighted by molar-refractivity contribution is -0.0258. The molecule has 0 amide bonds. The van der Waals surface area contributed by atoms with Crippen molar-refractivity contribution in [3.8, 4) is 0 Å². The molecule has 0 spiro atoms. The molecule has 0 atom stereocenters. The monoisotopic (exact) mass is 281 g/mol. The number of nitrogens with zero attached hydrogens (tertiary/aromatic N) is 3. The van der Waals surface area contributed by atoms with E-state index in [-0.39, 0.29) is 5.60 Å². The third-order valence-electron chi connectivity index (χ3n) is 3.58. The lowest BCUT2D eigenvalue weighted by Gasteiger charge is -2.32. The molecule has 20 heavy (non-hydrogen) atoms. The van der Waals surface area contributed by atoms with Crippen LogP contribution in [0, 0.1) is 5.92 Å². The summed E-state index contributed by atoms with van der Waals surface area (Å²) in [6.07, 6.45) is 2.24. The van der Waals surface area contributed by atoms with E-state index in [1.807, 2.05) is 0 Å². The second-order valence-electron chi connectivity index (χ2n) is 6.94. The van der Waals surface area contributed by atoms with Crippen molar-refractivity contribution in [3.63, 3.8) is 0 Å². The lowest BCUT2D eigenvalue weighted by Crippen LogP contribution is -2.36. The average molecular weight is 281 g/mol. The molecule has 0 radical (unpaired) electrons. The summed E-state index contributed by atoms with van der Waals surface area (Å²) in [6.45, 7) is 13.2. The summed E-state index contributed by atoms with van der Waals surface area (Å²) < 4.78 is 11.2. The van der Waals surface area contributed by atoms with Gasteiger partial charge in [-0.15, -0.1) is 0 Å². The standard InChI is InChI=1S/C15H27N3O2/c1-11(2)13-16-14(20-17-13)18-8-6-12(7-9-18)10-19-15(3,4)5/h11-12H,6-10H2,1-5H3. The molecule has 0 aromatic carbocycles. The third-order valence-corrected chi connectivity index (χ3v) is 3.58. The van der Waals surface area contributed by atoms with E-state index in [1.165, 1.54) is 0 Å². The van der Waals surface area contributed by atoms with Crippen LogP contribution in [0.5, 0.6) is 0 Å². The molecular weight excluding hydrogens is 254 g/mol. The van der Waals surface area contributed by atoms with Crippen LogP contribution in [0.25, 0.3) is 0 Å². The summed E-state index contributed by atoms with van der Waals surface area (Å²) in [6, 6.07) is 0.670. The summed E-state index contributed by atoms with van der Waals surface area (Å²) in [7, 11) is 0. The number of ether oxygens (including phenoxy) is 1. The van der Waals surface area contributed by atoms with E-state index in [2.05, 4.69) is 49.7 Å². The van der Waals surface area contributed by atoms with Crippen LogP contribution in [0.1, 0.15) is 59.2 Å². The van der Waals surface area contributed by atoms with E-state index in [0.717, 1.165) is 38.4 Å². The maximum absolute atomic E-state index is 5.88. The minimum absolute atomic E-state index is 0.0458. The summed E-state index contributed by atoms with van der Waals surface area (Å²) in [5.74, 6) is 1.74. The molecule has 1 aliphatic heterocycles. The number of piperidine rings is 1. The normalized spacial score (nSPS) is 18.0. The number of rotatable bonds is 4. The molecule has 5 heteroatoms. The zero-order chi connectivity index (χ0) is 14.8. The zero-order valence-corrected chi connectivity index (χ0v) is 13.3. The van der Waals surface area contributed by atoms with Gasteiger partial charge in [0.1, 0.15) is 0 Å². The van der Waals surface area contributed by atoms with E-state index in [4.69, 9.17) is 9.26 Å². The second kappa shape index (κ2) is 6.12. The molecular formula is C15H27N3O2. The maximum Gasteiger partial charge on any atom is 0.324 e. The molecule has 0 unspecified atom stereocenters. The predicted octanol–water partition coefficient (Wildman–Crippen LogP) is 3.22. The van der Waals surface area contributed by atoms with Gasteiger partial charge in [0.25, 0.3) is 0 Å². The van der Waals surface area contributed by atoms with Gasteiger partial charge in [-0.2, -0.15) is 4.98 Å². The first-order valence-electron chi connectivity index (χ1n) is 7.57. The van der Waals surface area contributed by atoms with Crippen LogP contribution < -0.4 is 4.90 Å². The molecule has 0 bridgehead atoms. The minimum atomic E-state index is -0.0458.